The van der Waals surface area contributed by atoms with Crippen LogP contribution < -0.4 is 4.18 Å². The van der Waals surface area contributed by atoms with E-state index < -0.39 is 15.2 Å². The van der Waals surface area contributed by atoms with Crippen molar-refractivity contribution in [2.45, 2.75) is 6.54 Å². The fourth-order valence-corrected chi connectivity index (χ4v) is 2.22. The summed E-state index contributed by atoms with van der Waals surface area (Å²) in [7, 11) is -4.11. The molecular weight excluding hydrogens is 296 g/mol. The first-order valence-corrected chi connectivity index (χ1v) is 7.24. The zero-order valence-electron chi connectivity index (χ0n) is 10.7. The number of non-ortho nitro benzene ring substituents is 1. The summed E-state index contributed by atoms with van der Waals surface area (Å²) in [6.07, 6.45) is 0. The maximum Gasteiger partial charge on any atom is 0.269 e. The molecule has 0 aliphatic carbocycles. The Morgan fingerprint density at radius 1 is 1.05 bits per heavy atom. The largest absolute Gasteiger partial charge is 0.510 e. The van der Waals surface area contributed by atoms with Gasteiger partial charge in [-0.2, -0.15) is 0 Å². The first kappa shape index (κ1) is 14.9. The second-order valence-electron chi connectivity index (χ2n) is 4.03. The Hall–Kier alpha value is -2.45. The molecule has 0 fully saturated rings. The first-order valence-electron chi connectivity index (χ1n) is 5.88. The molecule has 0 saturated heterocycles. The van der Waals surface area contributed by atoms with Crippen molar-refractivity contribution in [1.29, 1.82) is 0 Å². The standard InChI is InChI=1S/C13H11N2O5S/c16-15(17)12-6-8-13(9-7-12)20-21(18,19)14-10-11-4-2-1-3-5-11/h1-9H,10H2/q-1. The fraction of sp³-hybridized carbons (Fsp3) is 0.0769. The minimum Gasteiger partial charge on any atom is -0.510 e. The van der Waals surface area contributed by atoms with E-state index in [1.54, 1.807) is 24.3 Å². The molecule has 0 bridgehead atoms. The van der Waals surface area contributed by atoms with E-state index in [-0.39, 0.29) is 18.0 Å². The van der Waals surface area contributed by atoms with Gasteiger partial charge in [0.15, 0.2) is 0 Å². The Labute approximate surface area is 121 Å². The van der Waals surface area contributed by atoms with Gasteiger partial charge in [0.05, 0.1) is 4.92 Å². The van der Waals surface area contributed by atoms with Gasteiger partial charge in [0.2, 0.25) is 10.3 Å². The van der Waals surface area contributed by atoms with Crippen molar-refractivity contribution in [2.24, 2.45) is 0 Å². The molecule has 0 amide bonds. The third-order valence-corrected chi connectivity index (χ3v) is 3.35. The number of hydrogen-bond acceptors (Lipinski definition) is 5. The van der Waals surface area contributed by atoms with Gasteiger partial charge < -0.3 is 8.91 Å². The number of nitrogens with zero attached hydrogens (tertiary/aromatic N) is 2. The zero-order chi connectivity index (χ0) is 15.3. The Morgan fingerprint density at radius 3 is 2.24 bits per heavy atom. The van der Waals surface area contributed by atoms with Crippen molar-refractivity contribution in [3.63, 3.8) is 0 Å². The Morgan fingerprint density at radius 2 is 1.67 bits per heavy atom. The molecule has 0 spiro atoms. The first-order chi connectivity index (χ1) is 9.96. The average Bonchev–Trinajstić information content (AvgIpc) is 2.46. The van der Waals surface area contributed by atoms with Crippen LogP contribution in [0, 0.1) is 10.1 Å². The van der Waals surface area contributed by atoms with Crippen molar-refractivity contribution in [3.8, 4) is 5.75 Å². The lowest BCUT2D eigenvalue weighted by Gasteiger charge is -2.19. The molecule has 0 N–H and O–H groups in total. The highest BCUT2D eigenvalue weighted by Gasteiger charge is 2.07. The summed E-state index contributed by atoms with van der Waals surface area (Å²) < 4.78 is 31.6. The van der Waals surface area contributed by atoms with Crippen LogP contribution in [0.1, 0.15) is 5.56 Å². The van der Waals surface area contributed by atoms with Gasteiger partial charge in [0.1, 0.15) is 5.75 Å². The van der Waals surface area contributed by atoms with E-state index in [2.05, 4.69) is 4.72 Å². The van der Waals surface area contributed by atoms with Crippen molar-refractivity contribution >= 4 is 16.0 Å². The van der Waals surface area contributed by atoms with Crippen LogP contribution in [-0.4, -0.2) is 13.3 Å². The van der Waals surface area contributed by atoms with E-state index in [1.807, 2.05) is 6.07 Å². The molecule has 0 aromatic heterocycles. The minimum atomic E-state index is -4.11. The predicted molar refractivity (Wildman–Crippen MR) is 76.1 cm³/mol. The minimum absolute atomic E-state index is 0.0302. The van der Waals surface area contributed by atoms with Crippen molar-refractivity contribution in [1.82, 2.24) is 0 Å². The molecule has 0 atom stereocenters. The molecule has 8 heteroatoms. The molecule has 0 saturated carbocycles. The fourth-order valence-electron chi connectivity index (χ4n) is 1.51. The topological polar surface area (TPSA) is 101 Å². The second kappa shape index (κ2) is 6.33. The summed E-state index contributed by atoms with van der Waals surface area (Å²) in [6.45, 7) is -0.0316. The summed E-state index contributed by atoms with van der Waals surface area (Å²) in [5.41, 5.74) is 0.578. The number of hydrogen-bond donors (Lipinski definition) is 0. The highest BCUT2D eigenvalue weighted by molar-refractivity contribution is 7.89. The van der Waals surface area contributed by atoms with E-state index in [1.165, 1.54) is 12.1 Å². The molecule has 2 rings (SSSR count). The van der Waals surface area contributed by atoms with E-state index in [0.29, 0.717) is 0 Å². The SMILES string of the molecule is O=[N+]([O-])c1ccc(OS(=O)(=O)[N-]Cc2ccccc2)cc1. The highest BCUT2D eigenvalue weighted by Crippen LogP contribution is 2.21. The van der Waals surface area contributed by atoms with E-state index in [9.17, 15) is 18.5 Å². The van der Waals surface area contributed by atoms with Crippen molar-refractivity contribution in [3.05, 3.63) is 75.0 Å². The summed E-state index contributed by atoms with van der Waals surface area (Å²) in [5, 5.41) is 10.5. The summed E-state index contributed by atoms with van der Waals surface area (Å²) in [6, 6.07) is 13.6. The van der Waals surface area contributed by atoms with E-state index in [4.69, 9.17) is 4.18 Å². The van der Waals surface area contributed by atoms with Gasteiger partial charge in [0, 0.05) is 12.1 Å². The van der Waals surface area contributed by atoms with Crippen LogP contribution in [0.15, 0.2) is 54.6 Å². The van der Waals surface area contributed by atoms with Gasteiger partial charge in [-0.1, -0.05) is 35.9 Å². The summed E-state index contributed by atoms with van der Waals surface area (Å²) in [5.74, 6) is -0.0302. The average molecular weight is 307 g/mol. The van der Waals surface area contributed by atoms with Crippen molar-refractivity contribution < 1.29 is 17.5 Å². The number of rotatable bonds is 6. The van der Waals surface area contributed by atoms with Crippen LogP contribution in [-0.2, 0) is 16.8 Å². The van der Waals surface area contributed by atoms with Gasteiger partial charge in [-0.05, 0) is 12.1 Å². The van der Waals surface area contributed by atoms with Gasteiger partial charge in [-0.25, -0.2) is 8.42 Å². The maximum atomic E-state index is 11.7. The van der Waals surface area contributed by atoms with Gasteiger partial charge in [-0.15, -0.1) is 6.54 Å². The number of nitro groups is 1. The molecular formula is C13H11N2O5S-. The maximum absolute atomic E-state index is 11.7. The van der Waals surface area contributed by atoms with Crippen LogP contribution in [0.4, 0.5) is 5.69 Å². The molecule has 21 heavy (non-hydrogen) atoms. The molecule has 0 unspecified atom stereocenters. The number of nitro benzene ring substituents is 1. The van der Waals surface area contributed by atoms with Crippen molar-refractivity contribution in [2.75, 3.05) is 0 Å². The van der Waals surface area contributed by atoms with Crippen LogP contribution in [0.2, 0.25) is 0 Å². The second-order valence-corrected chi connectivity index (χ2v) is 5.32. The molecule has 2 aromatic carbocycles. The zero-order valence-corrected chi connectivity index (χ0v) is 11.6. The van der Waals surface area contributed by atoms with Gasteiger partial charge >= 0.3 is 0 Å². The molecule has 0 heterocycles. The van der Waals surface area contributed by atoms with Gasteiger partial charge in [0.25, 0.3) is 5.69 Å². The normalized spacial score (nSPS) is 11.0. The third kappa shape index (κ3) is 4.55. The summed E-state index contributed by atoms with van der Waals surface area (Å²) in [4.78, 5) is 9.90. The van der Waals surface area contributed by atoms with E-state index >= 15 is 0 Å². The van der Waals surface area contributed by atoms with Crippen LogP contribution in [0.5, 0.6) is 5.75 Å². The molecule has 2 aromatic rings. The van der Waals surface area contributed by atoms with Crippen LogP contribution in [0.25, 0.3) is 4.72 Å². The molecule has 0 radical (unpaired) electrons. The quantitative estimate of drug-likeness (QED) is 0.603. The predicted octanol–water partition coefficient (Wildman–Crippen LogP) is 2.79. The lowest BCUT2D eigenvalue weighted by molar-refractivity contribution is -0.384. The highest BCUT2D eigenvalue weighted by atomic mass is 32.2. The monoisotopic (exact) mass is 307 g/mol. The lowest BCUT2D eigenvalue weighted by Crippen LogP contribution is -2.08. The Kier molecular flexibility index (Phi) is 4.51. The Balaban J connectivity index is 1.99. The summed E-state index contributed by atoms with van der Waals surface area (Å²) >= 11 is 0. The molecule has 110 valence electrons. The molecule has 7 nitrogen and oxygen atoms in total. The molecule has 0 aliphatic rings. The van der Waals surface area contributed by atoms with E-state index in [0.717, 1.165) is 17.7 Å². The van der Waals surface area contributed by atoms with Crippen LogP contribution in [0.3, 0.4) is 0 Å². The van der Waals surface area contributed by atoms with Gasteiger partial charge in [-0.3, -0.25) is 10.1 Å². The van der Waals surface area contributed by atoms with Crippen LogP contribution >= 0.6 is 0 Å². The molecule has 0 aliphatic heterocycles. The number of benzene rings is 2. The lowest BCUT2D eigenvalue weighted by atomic mass is 10.2. The third-order valence-electron chi connectivity index (χ3n) is 2.50. The Bertz CT molecular complexity index is 714. The smallest absolute Gasteiger partial charge is 0.269 e.